The van der Waals surface area contributed by atoms with Crippen LogP contribution in [0, 0.1) is 13.8 Å². The molecule has 1 aromatic rings. The second kappa shape index (κ2) is 7.99. The fourth-order valence-corrected chi connectivity index (χ4v) is 2.21. The second-order valence-corrected chi connectivity index (χ2v) is 6.29. The largest absolute Gasteiger partial charge is 0.459 e. The average molecular weight is 338 g/mol. The van der Waals surface area contributed by atoms with Crippen molar-refractivity contribution in [1.82, 2.24) is 10.3 Å². The summed E-state index contributed by atoms with van der Waals surface area (Å²) in [4.78, 5) is 39.1. The second-order valence-electron chi connectivity index (χ2n) is 6.29. The van der Waals surface area contributed by atoms with Crippen LogP contribution < -0.4 is 5.32 Å². The Morgan fingerprint density at radius 1 is 0.958 bits per heavy atom. The first-order chi connectivity index (χ1) is 11.0. The summed E-state index contributed by atoms with van der Waals surface area (Å²) in [5, 5.41) is 2.67. The molecule has 0 bridgehead atoms. The summed E-state index contributed by atoms with van der Waals surface area (Å²) in [5.74, 6) is -1.56. The molecule has 1 rings (SSSR count). The lowest BCUT2D eigenvalue weighted by Gasteiger charge is -2.15. The fourth-order valence-electron chi connectivity index (χ4n) is 2.21. The van der Waals surface area contributed by atoms with Crippen LogP contribution >= 0.6 is 0 Å². The first-order valence-electron chi connectivity index (χ1n) is 7.96. The molecule has 0 aliphatic carbocycles. The van der Waals surface area contributed by atoms with E-state index in [1.54, 1.807) is 27.7 Å². The number of nitrogens with one attached hydrogen (secondary N) is 2. The molecule has 1 amide bonds. The Kier molecular flexibility index (Phi) is 6.57. The van der Waals surface area contributed by atoms with E-state index in [1.165, 1.54) is 6.92 Å². The van der Waals surface area contributed by atoms with Crippen LogP contribution in [-0.2, 0) is 14.3 Å². The van der Waals surface area contributed by atoms with Crippen LogP contribution in [0.3, 0.4) is 0 Å². The third kappa shape index (κ3) is 4.84. The van der Waals surface area contributed by atoms with Gasteiger partial charge in [-0.25, -0.2) is 9.59 Å². The molecule has 0 aliphatic rings. The minimum absolute atomic E-state index is 0.0504. The first kappa shape index (κ1) is 19.7. The molecule has 0 spiro atoms. The van der Waals surface area contributed by atoms with Crippen molar-refractivity contribution in [2.75, 3.05) is 0 Å². The molecule has 0 unspecified atom stereocenters. The zero-order chi connectivity index (χ0) is 18.6. The molecule has 0 radical (unpaired) electrons. The minimum atomic E-state index is -0.936. The molecule has 1 aromatic heterocycles. The topological polar surface area (TPSA) is 97.5 Å². The van der Waals surface area contributed by atoms with Gasteiger partial charge in [-0.1, -0.05) is 0 Å². The Hall–Kier alpha value is -2.31. The average Bonchev–Trinajstić information content (AvgIpc) is 2.72. The van der Waals surface area contributed by atoms with Gasteiger partial charge in [0.05, 0.1) is 11.7 Å². The Bertz CT molecular complexity index is 631. The van der Waals surface area contributed by atoms with Gasteiger partial charge < -0.3 is 19.8 Å². The summed E-state index contributed by atoms with van der Waals surface area (Å²) in [6.45, 7) is 11.9. The highest BCUT2D eigenvalue weighted by Gasteiger charge is 2.26. The fraction of sp³-hybridized carbons (Fsp3) is 0.588. The maximum Gasteiger partial charge on any atom is 0.355 e. The zero-order valence-electron chi connectivity index (χ0n) is 15.3. The predicted molar refractivity (Wildman–Crippen MR) is 89.0 cm³/mol. The molecule has 0 saturated carbocycles. The zero-order valence-corrected chi connectivity index (χ0v) is 15.3. The summed E-state index contributed by atoms with van der Waals surface area (Å²) in [5.41, 5.74) is 1.42. The number of esters is 2. The summed E-state index contributed by atoms with van der Waals surface area (Å²) in [6.07, 6.45) is -1.20. The van der Waals surface area contributed by atoms with Crippen molar-refractivity contribution in [3.05, 3.63) is 22.5 Å². The molecular formula is C17H26N2O5. The standard InChI is InChI=1S/C17H26N2O5/c1-8(2)18-15(20)12(7)24-17(22)14-10(5)13(11(6)19-14)16(21)23-9(3)4/h8-9,12,19H,1-7H3,(H,18,20)/t12-/m0/s1. The van der Waals surface area contributed by atoms with Gasteiger partial charge in [0.2, 0.25) is 0 Å². The number of carbonyl (C=O) groups excluding carboxylic acids is 3. The highest BCUT2D eigenvalue weighted by atomic mass is 16.6. The van der Waals surface area contributed by atoms with Gasteiger partial charge in [0.15, 0.2) is 6.10 Å². The molecule has 0 saturated heterocycles. The summed E-state index contributed by atoms with van der Waals surface area (Å²) < 4.78 is 10.4. The molecule has 0 fully saturated rings. The van der Waals surface area contributed by atoms with E-state index < -0.39 is 18.0 Å². The van der Waals surface area contributed by atoms with Crippen LogP contribution in [0.25, 0.3) is 0 Å². The third-order valence-electron chi connectivity index (χ3n) is 3.27. The molecule has 24 heavy (non-hydrogen) atoms. The quantitative estimate of drug-likeness (QED) is 0.776. The molecule has 7 nitrogen and oxygen atoms in total. The molecule has 7 heteroatoms. The van der Waals surface area contributed by atoms with Gasteiger partial charge in [-0.05, 0) is 54.0 Å². The van der Waals surface area contributed by atoms with Crippen LogP contribution in [0.5, 0.6) is 0 Å². The van der Waals surface area contributed by atoms with Crippen molar-refractivity contribution in [3.63, 3.8) is 0 Å². The molecule has 1 heterocycles. The van der Waals surface area contributed by atoms with Crippen LogP contribution in [0.15, 0.2) is 0 Å². The normalized spacial score (nSPS) is 12.2. The van der Waals surface area contributed by atoms with Crippen molar-refractivity contribution in [2.45, 2.75) is 66.7 Å². The van der Waals surface area contributed by atoms with E-state index in [1.807, 2.05) is 13.8 Å². The number of amides is 1. The van der Waals surface area contributed by atoms with Gasteiger partial charge in [0.1, 0.15) is 5.69 Å². The Morgan fingerprint density at radius 2 is 1.54 bits per heavy atom. The molecule has 0 aromatic carbocycles. The van der Waals surface area contributed by atoms with Gasteiger partial charge >= 0.3 is 11.9 Å². The first-order valence-corrected chi connectivity index (χ1v) is 7.96. The van der Waals surface area contributed by atoms with Crippen molar-refractivity contribution < 1.29 is 23.9 Å². The van der Waals surface area contributed by atoms with E-state index in [0.717, 1.165) is 0 Å². The summed E-state index contributed by atoms with van der Waals surface area (Å²) in [6, 6.07) is -0.0504. The summed E-state index contributed by atoms with van der Waals surface area (Å²) >= 11 is 0. The van der Waals surface area contributed by atoms with Crippen LogP contribution in [0.2, 0.25) is 0 Å². The SMILES string of the molecule is Cc1[nH]c(C(=O)O[C@@H](C)C(=O)NC(C)C)c(C)c1C(=O)OC(C)C. The molecule has 1 atom stereocenters. The number of carbonyl (C=O) groups is 3. The Balaban J connectivity index is 2.93. The lowest BCUT2D eigenvalue weighted by molar-refractivity contribution is -0.129. The molecule has 134 valence electrons. The van der Waals surface area contributed by atoms with Gasteiger partial charge in [-0.3, -0.25) is 4.79 Å². The predicted octanol–water partition coefficient (Wildman–Crippen LogP) is 2.27. The van der Waals surface area contributed by atoms with E-state index in [-0.39, 0.29) is 23.7 Å². The van der Waals surface area contributed by atoms with Crippen LogP contribution in [0.4, 0.5) is 0 Å². The smallest absolute Gasteiger partial charge is 0.355 e. The number of hydrogen-bond donors (Lipinski definition) is 2. The van der Waals surface area contributed by atoms with E-state index in [9.17, 15) is 14.4 Å². The van der Waals surface area contributed by atoms with Crippen LogP contribution in [0.1, 0.15) is 66.7 Å². The van der Waals surface area contributed by atoms with E-state index in [4.69, 9.17) is 9.47 Å². The Labute approximate surface area is 142 Å². The number of rotatable bonds is 6. The van der Waals surface area contributed by atoms with Crippen molar-refractivity contribution in [3.8, 4) is 0 Å². The van der Waals surface area contributed by atoms with Crippen molar-refractivity contribution in [2.24, 2.45) is 0 Å². The number of hydrogen-bond acceptors (Lipinski definition) is 5. The highest BCUT2D eigenvalue weighted by molar-refractivity contribution is 5.99. The number of H-pyrrole nitrogens is 1. The van der Waals surface area contributed by atoms with E-state index >= 15 is 0 Å². The maximum absolute atomic E-state index is 12.3. The lowest BCUT2D eigenvalue weighted by atomic mass is 10.1. The van der Waals surface area contributed by atoms with Crippen LogP contribution in [-0.4, -0.2) is 41.1 Å². The van der Waals surface area contributed by atoms with Gasteiger partial charge in [-0.2, -0.15) is 0 Å². The molecule has 0 aliphatic heterocycles. The number of aromatic amines is 1. The van der Waals surface area contributed by atoms with Gasteiger partial charge in [0, 0.05) is 11.7 Å². The molecule has 2 N–H and O–H groups in total. The summed E-state index contributed by atoms with van der Waals surface area (Å²) in [7, 11) is 0. The Morgan fingerprint density at radius 3 is 2.04 bits per heavy atom. The molecular weight excluding hydrogens is 312 g/mol. The van der Waals surface area contributed by atoms with Crippen molar-refractivity contribution >= 4 is 17.8 Å². The monoisotopic (exact) mass is 338 g/mol. The maximum atomic E-state index is 12.3. The van der Waals surface area contributed by atoms with E-state index in [2.05, 4.69) is 10.3 Å². The van der Waals surface area contributed by atoms with Crippen molar-refractivity contribution in [1.29, 1.82) is 0 Å². The minimum Gasteiger partial charge on any atom is -0.459 e. The highest BCUT2D eigenvalue weighted by Crippen LogP contribution is 2.20. The van der Waals surface area contributed by atoms with Gasteiger partial charge in [0.25, 0.3) is 5.91 Å². The lowest BCUT2D eigenvalue weighted by Crippen LogP contribution is -2.39. The van der Waals surface area contributed by atoms with E-state index in [0.29, 0.717) is 16.8 Å². The number of ether oxygens (including phenoxy) is 2. The van der Waals surface area contributed by atoms with Gasteiger partial charge in [-0.15, -0.1) is 0 Å². The number of aromatic nitrogens is 1. The third-order valence-corrected chi connectivity index (χ3v) is 3.27. The number of aryl methyl sites for hydroxylation is 1.